The quantitative estimate of drug-likeness (QED) is 0.509. The number of halogens is 1. The van der Waals surface area contributed by atoms with Crippen LogP contribution in [-0.2, 0) is 6.54 Å². The maximum atomic E-state index is 3.50. The van der Waals surface area contributed by atoms with Crippen molar-refractivity contribution in [2.75, 3.05) is 18.0 Å². The molecule has 158 valence electrons. The van der Waals surface area contributed by atoms with Crippen molar-refractivity contribution in [3.63, 3.8) is 0 Å². The SMILES string of the molecule is Cc1cc(-c2cccc(CN(c3ccccc3)C3CCNCC3)c2)cc(C)c1C.Cl. The highest BCUT2D eigenvalue weighted by molar-refractivity contribution is 5.85. The second-order valence-electron chi connectivity index (χ2n) is 8.38. The van der Waals surface area contributed by atoms with E-state index in [4.69, 9.17) is 0 Å². The molecule has 1 saturated heterocycles. The van der Waals surface area contributed by atoms with Crippen LogP contribution in [0.2, 0.25) is 0 Å². The monoisotopic (exact) mass is 420 g/mol. The standard InChI is InChI=1S/C27H32N2.ClH/c1-20-16-25(17-21(2)22(20)3)24-9-7-8-23(18-24)19-29(26-10-5-4-6-11-26)27-12-14-28-15-13-27;/h4-11,16-18,27-28H,12-15,19H2,1-3H3;1H. The van der Waals surface area contributed by atoms with E-state index in [1.54, 1.807) is 0 Å². The zero-order valence-corrected chi connectivity index (χ0v) is 19.1. The predicted molar refractivity (Wildman–Crippen MR) is 132 cm³/mol. The number of piperidine rings is 1. The summed E-state index contributed by atoms with van der Waals surface area (Å²) in [6.07, 6.45) is 2.40. The van der Waals surface area contributed by atoms with Gasteiger partial charge in [0.1, 0.15) is 0 Å². The summed E-state index contributed by atoms with van der Waals surface area (Å²) >= 11 is 0. The normalized spacial score (nSPS) is 14.2. The first-order valence-electron chi connectivity index (χ1n) is 10.8. The Labute approximate surface area is 187 Å². The van der Waals surface area contributed by atoms with Crippen LogP contribution in [0.5, 0.6) is 0 Å². The van der Waals surface area contributed by atoms with Gasteiger partial charge in [0.2, 0.25) is 0 Å². The van der Waals surface area contributed by atoms with E-state index in [0.717, 1.165) is 19.6 Å². The van der Waals surface area contributed by atoms with Gasteiger partial charge in [0, 0.05) is 18.3 Å². The Hall–Kier alpha value is -2.29. The number of hydrogen-bond donors (Lipinski definition) is 1. The highest BCUT2D eigenvalue weighted by Gasteiger charge is 2.21. The maximum Gasteiger partial charge on any atom is 0.0432 e. The molecule has 0 unspecified atom stereocenters. The van der Waals surface area contributed by atoms with Crippen molar-refractivity contribution >= 4 is 18.1 Å². The number of hydrogen-bond acceptors (Lipinski definition) is 2. The second-order valence-corrected chi connectivity index (χ2v) is 8.38. The molecule has 1 heterocycles. The van der Waals surface area contributed by atoms with Crippen molar-refractivity contribution in [1.82, 2.24) is 5.32 Å². The van der Waals surface area contributed by atoms with E-state index in [9.17, 15) is 0 Å². The molecule has 0 spiro atoms. The maximum absolute atomic E-state index is 3.50. The molecular formula is C27H33ClN2. The molecule has 1 aliphatic heterocycles. The fourth-order valence-electron chi connectivity index (χ4n) is 4.42. The summed E-state index contributed by atoms with van der Waals surface area (Å²) in [6, 6.07) is 25.2. The van der Waals surface area contributed by atoms with Gasteiger partial charge in [0.15, 0.2) is 0 Å². The lowest BCUT2D eigenvalue weighted by atomic mass is 9.95. The molecule has 1 aliphatic rings. The summed E-state index contributed by atoms with van der Waals surface area (Å²) in [6.45, 7) is 9.80. The molecule has 1 fully saturated rings. The van der Waals surface area contributed by atoms with E-state index in [2.05, 4.69) is 97.7 Å². The van der Waals surface area contributed by atoms with Crippen molar-refractivity contribution in [3.05, 3.63) is 89.0 Å². The molecule has 30 heavy (non-hydrogen) atoms. The molecule has 2 nitrogen and oxygen atoms in total. The smallest absolute Gasteiger partial charge is 0.0432 e. The third-order valence-electron chi connectivity index (χ3n) is 6.38. The minimum absolute atomic E-state index is 0. The van der Waals surface area contributed by atoms with Gasteiger partial charge >= 0.3 is 0 Å². The van der Waals surface area contributed by atoms with Crippen molar-refractivity contribution in [2.45, 2.75) is 46.2 Å². The summed E-state index contributed by atoms with van der Waals surface area (Å²) in [4.78, 5) is 2.60. The van der Waals surface area contributed by atoms with Gasteiger partial charge in [-0.2, -0.15) is 0 Å². The van der Waals surface area contributed by atoms with E-state index in [1.165, 1.54) is 51.9 Å². The Balaban J connectivity index is 0.00000256. The fraction of sp³-hybridized carbons (Fsp3) is 0.333. The van der Waals surface area contributed by atoms with Gasteiger partial charge < -0.3 is 10.2 Å². The van der Waals surface area contributed by atoms with Gasteiger partial charge in [-0.25, -0.2) is 0 Å². The topological polar surface area (TPSA) is 15.3 Å². The molecule has 0 aromatic heterocycles. The minimum Gasteiger partial charge on any atom is -0.364 e. The minimum atomic E-state index is 0. The van der Waals surface area contributed by atoms with E-state index >= 15 is 0 Å². The average Bonchev–Trinajstić information content (AvgIpc) is 2.77. The van der Waals surface area contributed by atoms with Crippen LogP contribution in [0.1, 0.15) is 35.1 Å². The number of nitrogens with one attached hydrogen (secondary N) is 1. The van der Waals surface area contributed by atoms with Crippen molar-refractivity contribution in [2.24, 2.45) is 0 Å². The van der Waals surface area contributed by atoms with E-state index in [1.807, 2.05) is 0 Å². The zero-order chi connectivity index (χ0) is 20.2. The zero-order valence-electron chi connectivity index (χ0n) is 18.3. The highest BCUT2D eigenvalue weighted by atomic mass is 35.5. The van der Waals surface area contributed by atoms with E-state index in [-0.39, 0.29) is 12.4 Å². The first-order valence-corrected chi connectivity index (χ1v) is 10.8. The number of anilines is 1. The van der Waals surface area contributed by atoms with Crippen molar-refractivity contribution in [1.29, 1.82) is 0 Å². The third kappa shape index (κ3) is 5.06. The summed E-state index contributed by atoms with van der Waals surface area (Å²) in [5, 5.41) is 3.50. The largest absolute Gasteiger partial charge is 0.364 e. The Kier molecular flexibility index (Phi) is 7.58. The van der Waals surface area contributed by atoms with Crippen LogP contribution in [0.15, 0.2) is 66.7 Å². The highest BCUT2D eigenvalue weighted by Crippen LogP contribution is 2.28. The number of para-hydroxylation sites is 1. The Bertz CT molecular complexity index is 939. The predicted octanol–water partition coefficient (Wildman–Crippen LogP) is 6.46. The van der Waals surface area contributed by atoms with Gasteiger partial charge in [-0.3, -0.25) is 0 Å². The lowest BCUT2D eigenvalue weighted by Crippen LogP contribution is -2.43. The van der Waals surface area contributed by atoms with Gasteiger partial charge in [-0.1, -0.05) is 48.5 Å². The Morgan fingerprint density at radius 3 is 2.13 bits per heavy atom. The fourth-order valence-corrected chi connectivity index (χ4v) is 4.42. The summed E-state index contributed by atoms with van der Waals surface area (Å²) in [7, 11) is 0. The van der Waals surface area contributed by atoms with E-state index < -0.39 is 0 Å². The number of aryl methyl sites for hydroxylation is 2. The Morgan fingerprint density at radius 1 is 0.800 bits per heavy atom. The van der Waals surface area contributed by atoms with Crippen molar-refractivity contribution < 1.29 is 0 Å². The molecule has 0 radical (unpaired) electrons. The molecule has 3 aromatic carbocycles. The number of nitrogens with zero attached hydrogens (tertiary/aromatic N) is 1. The van der Waals surface area contributed by atoms with Crippen molar-refractivity contribution in [3.8, 4) is 11.1 Å². The van der Waals surface area contributed by atoms with E-state index in [0.29, 0.717) is 6.04 Å². The van der Waals surface area contributed by atoms with Crippen LogP contribution in [0.25, 0.3) is 11.1 Å². The van der Waals surface area contributed by atoms with Gasteiger partial charge in [-0.15, -0.1) is 12.4 Å². The van der Waals surface area contributed by atoms with Gasteiger partial charge in [-0.05, 0) is 98.3 Å². The van der Waals surface area contributed by atoms with Gasteiger partial charge in [0.05, 0.1) is 0 Å². The van der Waals surface area contributed by atoms with Gasteiger partial charge in [0.25, 0.3) is 0 Å². The van der Waals surface area contributed by atoms with Crippen LogP contribution in [-0.4, -0.2) is 19.1 Å². The Morgan fingerprint density at radius 2 is 1.47 bits per heavy atom. The molecule has 0 amide bonds. The summed E-state index contributed by atoms with van der Waals surface area (Å²) < 4.78 is 0. The molecule has 4 rings (SSSR count). The second kappa shape index (κ2) is 10.1. The van der Waals surface area contributed by atoms with Crippen LogP contribution in [0.4, 0.5) is 5.69 Å². The summed E-state index contributed by atoms with van der Waals surface area (Å²) in [5.41, 5.74) is 9.46. The molecule has 0 aliphatic carbocycles. The lowest BCUT2D eigenvalue weighted by molar-refractivity contribution is 0.428. The molecule has 3 aromatic rings. The van der Waals surface area contributed by atoms with Crippen LogP contribution in [0.3, 0.4) is 0 Å². The average molecular weight is 421 g/mol. The lowest BCUT2D eigenvalue weighted by Gasteiger charge is -2.36. The first-order chi connectivity index (χ1) is 14.1. The van der Waals surface area contributed by atoms with Crippen LogP contribution < -0.4 is 10.2 Å². The molecule has 0 atom stereocenters. The molecule has 3 heteroatoms. The molecule has 0 bridgehead atoms. The first kappa shape index (κ1) is 22.4. The number of rotatable bonds is 5. The van der Waals surface area contributed by atoms with Crippen LogP contribution >= 0.6 is 12.4 Å². The molecular weight excluding hydrogens is 388 g/mol. The molecule has 0 saturated carbocycles. The van der Waals surface area contributed by atoms with Crippen LogP contribution in [0, 0.1) is 20.8 Å². The molecule has 1 N–H and O–H groups in total. The summed E-state index contributed by atoms with van der Waals surface area (Å²) in [5.74, 6) is 0. The third-order valence-corrected chi connectivity index (χ3v) is 6.38. The number of benzene rings is 3.